The van der Waals surface area contributed by atoms with Crippen LogP contribution >= 0.6 is 0 Å². The van der Waals surface area contributed by atoms with E-state index in [1.165, 1.54) is 29.1 Å². The van der Waals surface area contributed by atoms with Crippen LogP contribution in [0.15, 0.2) is 30.5 Å². The zero-order valence-electron chi connectivity index (χ0n) is 13.9. The monoisotopic (exact) mass is 382 g/mol. The summed E-state index contributed by atoms with van der Waals surface area (Å²) in [5, 5.41) is 16.4. The van der Waals surface area contributed by atoms with Crippen molar-refractivity contribution >= 4 is 16.0 Å². The highest BCUT2D eigenvalue weighted by Gasteiger charge is 2.31. The van der Waals surface area contributed by atoms with Crippen LogP contribution in [0, 0.1) is 5.82 Å². The number of rotatable bonds is 6. The molecule has 8 nitrogen and oxygen atoms in total. The van der Waals surface area contributed by atoms with E-state index in [9.17, 15) is 17.6 Å². The Balaban J connectivity index is 1.75. The minimum absolute atomic E-state index is 0.183. The van der Waals surface area contributed by atoms with Crippen molar-refractivity contribution < 1.29 is 22.7 Å². The Morgan fingerprint density at radius 2 is 2.12 bits per heavy atom. The van der Waals surface area contributed by atoms with E-state index in [0.29, 0.717) is 18.4 Å². The number of carboxylic acids is 1. The number of carboxylic acid groups (broad SMARTS) is 1. The van der Waals surface area contributed by atoms with Gasteiger partial charge in [-0.2, -0.15) is 0 Å². The van der Waals surface area contributed by atoms with Crippen LogP contribution in [-0.4, -0.2) is 40.5 Å². The summed E-state index contributed by atoms with van der Waals surface area (Å²) in [6, 6.07) is 4.72. The molecule has 2 N–H and O–H groups in total. The average molecular weight is 382 g/mol. The number of aromatic carboxylic acids is 1. The third kappa shape index (κ3) is 4.44. The van der Waals surface area contributed by atoms with Crippen LogP contribution in [-0.2, 0) is 15.8 Å². The largest absolute Gasteiger partial charge is 0.476 e. The minimum Gasteiger partial charge on any atom is -0.476 e. The van der Waals surface area contributed by atoms with Gasteiger partial charge in [-0.15, -0.1) is 5.10 Å². The van der Waals surface area contributed by atoms with Crippen LogP contribution in [0.2, 0.25) is 0 Å². The fourth-order valence-electron chi connectivity index (χ4n) is 3.22. The van der Waals surface area contributed by atoms with Crippen molar-refractivity contribution in [2.75, 3.05) is 0 Å². The maximum absolute atomic E-state index is 13.3. The van der Waals surface area contributed by atoms with Gasteiger partial charge in [-0.25, -0.2) is 27.0 Å². The van der Waals surface area contributed by atoms with Gasteiger partial charge in [-0.05, 0) is 30.5 Å². The highest BCUT2D eigenvalue weighted by Crippen LogP contribution is 2.29. The molecular formula is C16H19FN4O4S. The van der Waals surface area contributed by atoms with Gasteiger partial charge < -0.3 is 5.11 Å². The standard InChI is InChI=1S/C16H19FN4O4S/c17-12-5-3-4-11(8-12)10-26(24,25)19-13-6-1-2-7-15(13)21-9-14(16(22)23)18-20-21/h3-5,8-9,13,15,19H,1-2,6-7,10H2,(H,22,23)/t13-,15+/m0/s1. The van der Waals surface area contributed by atoms with Gasteiger partial charge in [-0.3, -0.25) is 0 Å². The summed E-state index contributed by atoms with van der Waals surface area (Å²) >= 11 is 0. The molecule has 1 fully saturated rings. The molecule has 2 aromatic rings. The molecule has 0 spiro atoms. The van der Waals surface area contributed by atoms with Crippen molar-refractivity contribution in [1.29, 1.82) is 0 Å². The Hall–Kier alpha value is -2.33. The first kappa shape index (κ1) is 18.5. The Bertz CT molecular complexity index is 899. The Labute approximate surface area is 150 Å². The molecular weight excluding hydrogens is 363 g/mol. The third-order valence-electron chi connectivity index (χ3n) is 4.38. The number of nitrogens with one attached hydrogen (secondary N) is 1. The van der Waals surface area contributed by atoms with Crippen LogP contribution in [0.5, 0.6) is 0 Å². The van der Waals surface area contributed by atoms with Gasteiger partial charge in [0.05, 0.1) is 18.0 Å². The number of hydrogen-bond donors (Lipinski definition) is 2. The van der Waals surface area contributed by atoms with Gasteiger partial charge in [-0.1, -0.05) is 30.2 Å². The van der Waals surface area contributed by atoms with Crippen LogP contribution in [0.25, 0.3) is 0 Å². The van der Waals surface area contributed by atoms with Crippen molar-refractivity contribution in [3.8, 4) is 0 Å². The molecule has 1 saturated carbocycles. The highest BCUT2D eigenvalue weighted by molar-refractivity contribution is 7.88. The van der Waals surface area contributed by atoms with E-state index >= 15 is 0 Å². The number of halogens is 1. The first-order valence-corrected chi connectivity index (χ1v) is 9.89. The first-order chi connectivity index (χ1) is 12.3. The zero-order valence-corrected chi connectivity index (χ0v) is 14.7. The van der Waals surface area contributed by atoms with Crippen LogP contribution < -0.4 is 4.72 Å². The fourth-order valence-corrected chi connectivity index (χ4v) is 4.66. The molecule has 0 aliphatic heterocycles. The lowest BCUT2D eigenvalue weighted by Gasteiger charge is -2.31. The van der Waals surface area contributed by atoms with Crippen molar-refractivity contribution in [3.05, 3.63) is 47.5 Å². The molecule has 10 heteroatoms. The van der Waals surface area contributed by atoms with Crippen molar-refractivity contribution in [2.45, 2.75) is 43.5 Å². The van der Waals surface area contributed by atoms with E-state index in [0.717, 1.165) is 12.8 Å². The van der Waals surface area contributed by atoms with E-state index in [1.54, 1.807) is 6.07 Å². The Morgan fingerprint density at radius 1 is 1.35 bits per heavy atom. The summed E-state index contributed by atoms with van der Waals surface area (Å²) in [6.45, 7) is 0. The molecule has 3 rings (SSSR count). The molecule has 2 atom stereocenters. The molecule has 1 aliphatic carbocycles. The van der Waals surface area contributed by atoms with Crippen molar-refractivity contribution in [1.82, 2.24) is 19.7 Å². The molecule has 1 aliphatic rings. The van der Waals surface area contributed by atoms with Gasteiger partial charge >= 0.3 is 5.97 Å². The second-order valence-electron chi connectivity index (χ2n) is 6.35. The summed E-state index contributed by atoms with van der Waals surface area (Å²) in [4.78, 5) is 11.0. The van der Waals surface area contributed by atoms with Gasteiger partial charge in [0.1, 0.15) is 5.82 Å². The molecule has 0 amide bonds. The molecule has 0 bridgehead atoms. The quantitative estimate of drug-likeness (QED) is 0.786. The minimum atomic E-state index is -3.70. The lowest BCUT2D eigenvalue weighted by Crippen LogP contribution is -2.43. The number of nitrogens with zero attached hydrogens (tertiary/aromatic N) is 3. The average Bonchev–Trinajstić information content (AvgIpc) is 3.04. The van der Waals surface area contributed by atoms with Crippen molar-refractivity contribution in [3.63, 3.8) is 0 Å². The summed E-state index contributed by atoms with van der Waals surface area (Å²) in [5.41, 5.74) is 0.177. The number of aromatic nitrogens is 3. The van der Waals surface area contributed by atoms with E-state index in [2.05, 4.69) is 15.0 Å². The molecule has 1 aromatic carbocycles. The molecule has 0 saturated heterocycles. The number of sulfonamides is 1. The van der Waals surface area contributed by atoms with E-state index in [4.69, 9.17) is 5.11 Å². The number of hydrogen-bond acceptors (Lipinski definition) is 5. The Morgan fingerprint density at radius 3 is 2.81 bits per heavy atom. The smallest absolute Gasteiger partial charge is 0.358 e. The Kier molecular flexibility index (Phi) is 5.33. The van der Waals surface area contributed by atoms with Gasteiger partial charge in [0, 0.05) is 6.04 Å². The second-order valence-corrected chi connectivity index (χ2v) is 8.11. The normalized spacial score (nSPS) is 20.8. The van der Waals surface area contributed by atoms with Gasteiger partial charge in [0.15, 0.2) is 5.69 Å². The topological polar surface area (TPSA) is 114 Å². The molecule has 140 valence electrons. The predicted molar refractivity (Wildman–Crippen MR) is 90.4 cm³/mol. The summed E-state index contributed by atoms with van der Waals surface area (Å²) in [5.74, 6) is -2.00. The lowest BCUT2D eigenvalue weighted by atomic mass is 9.91. The molecule has 1 aromatic heterocycles. The summed E-state index contributed by atoms with van der Waals surface area (Å²) in [6.07, 6.45) is 4.32. The van der Waals surface area contributed by atoms with Crippen molar-refractivity contribution in [2.24, 2.45) is 0 Å². The zero-order chi connectivity index (χ0) is 18.7. The van der Waals surface area contributed by atoms with Crippen LogP contribution in [0.3, 0.4) is 0 Å². The highest BCUT2D eigenvalue weighted by atomic mass is 32.2. The maximum atomic E-state index is 13.3. The second kappa shape index (κ2) is 7.50. The van der Waals surface area contributed by atoms with Crippen LogP contribution in [0.1, 0.15) is 47.8 Å². The third-order valence-corrected chi connectivity index (χ3v) is 5.75. The van der Waals surface area contributed by atoms with E-state index in [1.807, 2.05) is 0 Å². The molecule has 0 unspecified atom stereocenters. The number of benzene rings is 1. The van der Waals surface area contributed by atoms with Gasteiger partial charge in [0.25, 0.3) is 0 Å². The lowest BCUT2D eigenvalue weighted by molar-refractivity contribution is 0.0690. The summed E-state index contributed by atoms with van der Waals surface area (Å²) in [7, 11) is -3.70. The van der Waals surface area contributed by atoms with Gasteiger partial charge in [0.2, 0.25) is 10.0 Å². The SMILES string of the molecule is O=C(O)c1cn([C@@H]2CCCC[C@@H]2NS(=O)(=O)Cc2cccc(F)c2)nn1. The fraction of sp³-hybridized carbons (Fsp3) is 0.438. The van der Waals surface area contributed by atoms with Crippen LogP contribution in [0.4, 0.5) is 4.39 Å². The molecule has 1 heterocycles. The number of carbonyl (C=O) groups is 1. The van der Waals surface area contributed by atoms with E-state index in [-0.39, 0.29) is 17.5 Å². The molecule has 26 heavy (non-hydrogen) atoms. The first-order valence-electron chi connectivity index (χ1n) is 8.23. The summed E-state index contributed by atoms with van der Waals surface area (Å²) < 4.78 is 42.3. The molecule has 0 radical (unpaired) electrons. The maximum Gasteiger partial charge on any atom is 0.358 e. The predicted octanol–water partition coefficient (Wildman–Crippen LogP) is 1.72. The van der Waals surface area contributed by atoms with E-state index < -0.39 is 27.9 Å².